The minimum absolute atomic E-state index is 0.0876. The monoisotopic (exact) mass is 195 g/mol. The van der Waals surface area contributed by atoms with Crippen molar-refractivity contribution in [1.82, 2.24) is 5.32 Å². The maximum Gasteiger partial charge on any atom is 0.116 e. The van der Waals surface area contributed by atoms with Crippen molar-refractivity contribution in [2.75, 3.05) is 26.3 Å². The molecule has 3 heteroatoms. The van der Waals surface area contributed by atoms with Crippen LogP contribution in [0.5, 0.6) is 0 Å². The van der Waals surface area contributed by atoms with Gasteiger partial charge >= 0.3 is 0 Å². The summed E-state index contributed by atoms with van der Waals surface area (Å²) in [6, 6.07) is 4.08. The second-order valence-electron chi connectivity index (χ2n) is 3.96. The molecule has 1 aromatic rings. The molecule has 2 heterocycles. The van der Waals surface area contributed by atoms with Gasteiger partial charge in [-0.1, -0.05) is 6.92 Å². The standard InChI is InChI=1S/C11H17NO2/c1-3-12-6-11(7-13-8-11)10-5-4-9(2)14-10/h4-5,12H,3,6-8H2,1-2H3. The van der Waals surface area contributed by atoms with Crippen LogP contribution < -0.4 is 5.32 Å². The zero-order valence-corrected chi connectivity index (χ0v) is 8.80. The molecule has 1 fully saturated rings. The first kappa shape index (κ1) is 9.74. The van der Waals surface area contributed by atoms with Gasteiger partial charge in [0.25, 0.3) is 0 Å². The molecule has 0 atom stereocenters. The fourth-order valence-corrected chi connectivity index (χ4v) is 1.76. The lowest BCUT2D eigenvalue weighted by atomic mass is 9.83. The summed E-state index contributed by atoms with van der Waals surface area (Å²) in [4.78, 5) is 0. The lowest BCUT2D eigenvalue weighted by Gasteiger charge is -2.39. The molecule has 0 aliphatic carbocycles. The van der Waals surface area contributed by atoms with Crippen molar-refractivity contribution in [3.8, 4) is 0 Å². The van der Waals surface area contributed by atoms with Crippen molar-refractivity contribution in [2.24, 2.45) is 0 Å². The van der Waals surface area contributed by atoms with E-state index in [0.717, 1.165) is 37.8 Å². The highest BCUT2D eigenvalue weighted by Crippen LogP contribution is 2.32. The summed E-state index contributed by atoms with van der Waals surface area (Å²) in [7, 11) is 0. The summed E-state index contributed by atoms with van der Waals surface area (Å²) in [6.07, 6.45) is 0. The number of hydrogen-bond acceptors (Lipinski definition) is 3. The maximum absolute atomic E-state index is 5.67. The summed E-state index contributed by atoms with van der Waals surface area (Å²) in [5, 5.41) is 3.36. The van der Waals surface area contributed by atoms with E-state index >= 15 is 0 Å². The molecule has 2 rings (SSSR count). The van der Waals surface area contributed by atoms with E-state index in [4.69, 9.17) is 9.15 Å². The van der Waals surface area contributed by atoms with E-state index < -0.39 is 0 Å². The minimum Gasteiger partial charge on any atom is -0.466 e. The van der Waals surface area contributed by atoms with Crippen LogP contribution in [0.1, 0.15) is 18.4 Å². The van der Waals surface area contributed by atoms with E-state index in [2.05, 4.69) is 18.3 Å². The fraction of sp³-hybridized carbons (Fsp3) is 0.636. The molecular weight excluding hydrogens is 178 g/mol. The molecule has 1 saturated heterocycles. The Morgan fingerprint density at radius 1 is 1.43 bits per heavy atom. The van der Waals surface area contributed by atoms with Crippen LogP contribution in [0.4, 0.5) is 0 Å². The third-order valence-corrected chi connectivity index (χ3v) is 2.73. The molecule has 78 valence electrons. The average molecular weight is 195 g/mol. The Kier molecular flexibility index (Phi) is 2.61. The first-order valence-electron chi connectivity index (χ1n) is 5.12. The van der Waals surface area contributed by atoms with Gasteiger partial charge in [0, 0.05) is 6.54 Å². The summed E-state index contributed by atoms with van der Waals surface area (Å²) < 4.78 is 11.0. The van der Waals surface area contributed by atoms with Gasteiger partial charge in [-0.3, -0.25) is 0 Å². The van der Waals surface area contributed by atoms with Crippen LogP contribution in [-0.4, -0.2) is 26.3 Å². The van der Waals surface area contributed by atoms with E-state index in [0.29, 0.717) is 0 Å². The quantitative estimate of drug-likeness (QED) is 0.790. The molecule has 1 N–H and O–H groups in total. The van der Waals surface area contributed by atoms with Crippen molar-refractivity contribution < 1.29 is 9.15 Å². The average Bonchev–Trinajstić information content (AvgIpc) is 2.51. The van der Waals surface area contributed by atoms with Gasteiger partial charge in [-0.25, -0.2) is 0 Å². The molecule has 1 aromatic heterocycles. The molecule has 0 radical (unpaired) electrons. The number of aryl methyl sites for hydroxylation is 1. The Hall–Kier alpha value is -0.800. The molecule has 1 aliphatic rings. The summed E-state index contributed by atoms with van der Waals surface area (Å²) in [5.41, 5.74) is 0.0876. The van der Waals surface area contributed by atoms with Gasteiger partial charge in [-0.15, -0.1) is 0 Å². The van der Waals surface area contributed by atoms with Crippen LogP contribution in [0.15, 0.2) is 16.5 Å². The number of likely N-dealkylation sites (N-methyl/N-ethyl adjacent to an activating group) is 1. The molecular formula is C11H17NO2. The van der Waals surface area contributed by atoms with Gasteiger partial charge in [0.05, 0.1) is 18.6 Å². The van der Waals surface area contributed by atoms with Gasteiger partial charge in [0.2, 0.25) is 0 Å². The molecule has 0 aromatic carbocycles. The van der Waals surface area contributed by atoms with Gasteiger partial charge < -0.3 is 14.5 Å². The Bertz CT molecular complexity index is 302. The van der Waals surface area contributed by atoms with Crippen molar-refractivity contribution in [2.45, 2.75) is 19.3 Å². The zero-order valence-electron chi connectivity index (χ0n) is 8.80. The Morgan fingerprint density at radius 3 is 2.64 bits per heavy atom. The number of rotatable bonds is 4. The summed E-state index contributed by atoms with van der Waals surface area (Å²) >= 11 is 0. The Balaban J connectivity index is 2.11. The van der Waals surface area contributed by atoms with E-state index in [1.807, 2.05) is 13.0 Å². The third-order valence-electron chi connectivity index (χ3n) is 2.73. The predicted octanol–water partition coefficient (Wildman–Crippen LogP) is 1.47. The summed E-state index contributed by atoms with van der Waals surface area (Å²) in [6.45, 7) is 7.56. The highest BCUT2D eigenvalue weighted by Gasteiger charge is 2.42. The smallest absolute Gasteiger partial charge is 0.116 e. The molecule has 14 heavy (non-hydrogen) atoms. The molecule has 1 aliphatic heterocycles. The first-order chi connectivity index (χ1) is 6.77. The topological polar surface area (TPSA) is 34.4 Å². The van der Waals surface area contributed by atoms with Crippen LogP contribution >= 0.6 is 0 Å². The van der Waals surface area contributed by atoms with Gasteiger partial charge in [-0.05, 0) is 25.6 Å². The molecule has 0 saturated carbocycles. The van der Waals surface area contributed by atoms with Crippen LogP contribution in [-0.2, 0) is 10.2 Å². The largest absolute Gasteiger partial charge is 0.466 e. The highest BCUT2D eigenvalue weighted by molar-refractivity contribution is 5.20. The fourth-order valence-electron chi connectivity index (χ4n) is 1.76. The molecule has 0 bridgehead atoms. The predicted molar refractivity (Wildman–Crippen MR) is 54.5 cm³/mol. The molecule has 0 amide bonds. The number of furan rings is 1. The molecule has 0 spiro atoms. The van der Waals surface area contributed by atoms with Crippen LogP contribution in [0.2, 0.25) is 0 Å². The molecule has 0 unspecified atom stereocenters. The number of nitrogens with one attached hydrogen (secondary N) is 1. The highest BCUT2D eigenvalue weighted by atomic mass is 16.5. The molecule has 3 nitrogen and oxygen atoms in total. The first-order valence-corrected chi connectivity index (χ1v) is 5.12. The second kappa shape index (κ2) is 3.75. The van der Waals surface area contributed by atoms with E-state index in [1.54, 1.807) is 0 Å². The van der Waals surface area contributed by atoms with E-state index in [9.17, 15) is 0 Å². The van der Waals surface area contributed by atoms with E-state index in [-0.39, 0.29) is 5.41 Å². The van der Waals surface area contributed by atoms with Crippen molar-refractivity contribution in [3.63, 3.8) is 0 Å². The normalized spacial score (nSPS) is 19.3. The zero-order chi connectivity index (χ0) is 10.0. The lowest BCUT2D eigenvalue weighted by molar-refractivity contribution is -0.0688. The van der Waals surface area contributed by atoms with Crippen LogP contribution in [0.3, 0.4) is 0 Å². The van der Waals surface area contributed by atoms with Crippen LogP contribution in [0.25, 0.3) is 0 Å². The Labute approximate surface area is 84.4 Å². The number of ether oxygens (including phenoxy) is 1. The minimum atomic E-state index is 0.0876. The van der Waals surface area contributed by atoms with Crippen molar-refractivity contribution >= 4 is 0 Å². The Morgan fingerprint density at radius 2 is 2.21 bits per heavy atom. The van der Waals surface area contributed by atoms with Crippen LogP contribution in [0, 0.1) is 6.92 Å². The van der Waals surface area contributed by atoms with E-state index in [1.165, 1.54) is 0 Å². The van der Waals surface area contributed by atoms with Crippen molar-refractivity contribution in [3.05, 3.63) is 23.7 Å². The van der Waals surface area contributed by atoms with Crippen molar-refractivity contribution in [1.29, 1.82) is 0 Å². The second-order valence-corrected chi connectivity index (χ2v) is 3.96. The van der Waals surface area contributed by atoms with Gasteiger partial charge in [0.15, 0.2) is 0 Å². The third kappa shape index (κ3) is 1.57. The number of hydrogen-bond donors (Lipinski definition) is 1. The SMILES string of the molecule is CCNCC1(c2ccc(C)o2)COC1. The van der Waals surface area contributed by atoms with Gasteiger partial charge in [-0.2, -0.15) is 0 Å². The van der Waals surface area contributed by atoms with Gasteiger partial charge in [0.1, 0.15) is 11.5 Å². The maximum atomic E-state index is 5.67. The lowest BCUT2D eigenvalue weighted by Crippen LogP contribution is -2.53. The summed E-state index contributed by atoms with van der Waals surface area (Å²) in [5.74, 6) is 2.03.